The van der Waals surface area contributed by atoms with E-state index >= 15 is 0 Å². The van der Waals surface area contributed by atoms with Gasteiger partial charge in [-0.05, 0) is 30.5 Å². The average molecular weight is 450 g/mol. The molecule has 0 bridgehead atoms. The molecule has 3 amide bonds. The highest BCUT2D eigenvalue weighted by atomic mass is 16.4. The van der Waals surface area contributed by atoms with Crippen LogP contribution in [0.4, 0.5) is 11.4 Å². The second-order valence-electron chi connectivity index (χ2n) is 8.44. The third kappa shape index (κ3) is 4.89. The summed E-state index contributed by atoms with van der Waals surface area (Å²) in [5.41, 5.74) is 2.33. The van der Waals surface area contributed by atoms with Crippen LogP contribution in [0.25, 0.3) is 0 Å². The Labute approximate surface area is 192 Å². The number of hydrogen-bond acceptors (Lipinski definition) is 4. The zero-order chi connectivity index (χ0) is 23.4. The standard InChI is InChI=1S/C25H27N3O5/c29-22(13-14-24(31)32)26-15-23(30)28-19-12-6-9-18(19)25(33)27(16-17-7-2-1-3-8-17)20-10-4-5-11-21(20)28/h1-5,7-8,10-11,18-19H,6,9,12-16H2,(H,26,29)(H,31,32)/t18?,19-/m1/s1. The highest BCUT2D eigenvalue weighted by Gasteiger charge is 2.45. The molecule has 2 aromatic carbocycles. The van der Waals surface area contributed by atoms with E-state index in [0.29, 0.717) is 30.8 Å². The van der Waals surface area contributed by atoms with E-state index in [4.69, 9.17) is 5.11 Å². The fourth-order valence-corrected chi connectivity index (χ4v) is 4.75. The van der Waals surface area contributed by atoms with Gasteiger partial charge in [0.2, 0.25) is 17.7 Å². The Morgan fingerprint density at radius 2 is 1.64 bits per heavy atom. The van der Waals surface area contributed by atoms with Crippen molar-refractivity contribution in [1.82, 2.24) is 5.32 Å². The molecule has 172 valence electrons. The van der Waals surface area contributed by atoms with Crippen molar-refractivity contribution in [2.75, 3.05) is 16.3 Å². The van der Waals surface area contributed by atoms with Crippen LogP contribution < -0.4 is 15.1 Å². The third-order valence-corrected chi connectivity index (χ3v) is 6.28. The van der Waals surface area contributed by atoms with Gasteiger partial charge in [0.05, 0.1) is 36.8 Å². The third-order valence-electron chi connectivity index (χ3n) is 6.28. The molecule has 8 heteroatoms. The van der Waals surface area contributed by atoms with Gasteiger partial charge in [-0.3, -0.25) is 19.2 Å². The van der Waals surface area contributed by atoms with Crippen molar-refractivity contribution in [3.63, 3.8) is 0 Å². The summed E-state index contributed by atoms with van der Waals surface area (Å²) in [6.45, 7) is 0.163. The summed E-state index contributed by atoms with van der Waals surface area (Å²) in [6.07, 6.45) is 1.78. The van der Waals surface area contributed by atoms with E-state index in [1.807, 2.05) is 54.6 Å². The van der Waals surface area contributed by atoms with E-state index < -0.39 is 11.9 Å². The van der Waals surface area contributed by atoms with E-state index in [2.05, 4.69) is 5.32 Å². The van der Waals surface area contributed by atoms with Gasteiger partial charge in [-0.25, -0.2) is 0 Å². The van der Waals surface area contributed by atoms with E-state index in [1.54, 1.807) is 9.80 Å². The number of nitrogens with one attached hydrogen (secondary N) is 1. The molecule has 33 heavy (non-hydrogen) atoms. The molecule has 0 saturated heterocycles. The molecule has 1 fully saturated rings. The Morgan fingerprint density at radius 1 is 0.939 bits per heavy atom. The monoisotopic (exact) mass is 449 g/mol. The first-order valence-corrected chi connectivity index (χ1v) is 11.2. The number of fused-ring (bicyclic) bond motifs is 2. The number of carbonyl (C=O) groups is 4. The first kappa shape index (κ1) is 22.5. The van der Waals surface area contributed by atoms with Crippen molar-refractivity contribution >= 4 is 35.1 Å². The maximum Gasteiger partial charge on any atom is 0.303 e. The van der Waals surface area contributed by atoms with Crippen LogP contribution >= 0.6 is 0 Å². The molecule has 1 unspecified atom stereocenters. The number of amides is 3. The zero-order valence-corrected chi connectivity index (χ0v) is 18.3. The second kappa shape index (κ2) is 9.85. The minimum atomic E-state index is -1.07. The molecule has 0 aromatic heterocycles. The molecule has 0 radical (unpaired) electrons. The summed E-state index contributed by atoms with van der Waals surface area (Å²) in [6, 6.07) is 16.9. The topological polar surface area (TPSA) is 107 Å². The first-order valence-electron chi connectivity index (χ1n) is 11.2. The number of rotatable bonds is 7. The van der Waals surface area contributed by atoms with Gasteiger partial charge in [-0.15, -0.1) is 0 Å². The van der Waals surface area contributed by atoms with E-state index in [9.17, 15) is 19.2 Å². The average Bonchev–Trinajstić information content (AvgIpc) is 3.27. The van der Waals surface area contributed by atoms with Crippen molar-refractivity contribution in [3.05, 3.63) is 60.2 Å². The lowest BCUT2D eigenvalue weighted by Gasteiger charge is -2.30. The maximum absolute atomic E-state index is 13.6. The van der Waals surface area contributed by atoms with Crippen LogP contribution in [0.1, 0.15) is 37.7 Å². The summed E-state index contributed by atoms with van der Waals surface area (Å²) >= 11 is 0. The molecule has 4 rings (SSSR count). The van der Waals surface area contributed by atoms with Crippen LogP contribution in [0.2, 0.25) is 0 Å². The largest absolute Gasteiger partial charge is 0.481 e. The lowest BCUT2D eigenvalue weighted by Crippen LogP contribution is -2.48. The highest BCUT2D eigenvalue weighted by Crippen LogP contribution is 2.43. The molecular weight excluding hydrogens is 422 g/mol. The SMILES string of the molecule is O=C(O)CCC(=O)NCC(=O)N1c2ccccc2N(Cc2ccccc2)C(=O)C2CCC[C@H]21. The van der Waals surface area contributed by atoms with Gasteiger partial charge in [0.15, 0.2) is 0 Å². The van der Waals surface area contributed by atoms with Crippen molar-refractivity contribution in [2.45, 2.75) is 44.7 Å². The van der Waals surface area contributed by atoms with Gasteiger partial charge in [0, 0.05) is 12.5 Å². The molecular formula is C25H27N3O5. The zero-order valence-electron chi connectivity index (χ0n) is 18.3. The van der Waals surface area contributed by atoms with Crippen molar-refractivity contribution in [1.29, 1.82) is 0 Å². The van der Waals surface area contributed by atoms with E-state index in [-0.39, 0.29) is 43.2 Å². The predicted octanol–water partition coefficient (Wildman–Crippen LogP) is 2.72. The molecule has 1 saturated carbocycles. The maximum atomic E-state index is 13.6. The number of carboxylic acid groups (broad SMARTS) is 1. The van der Waals surface area contributed by atoms with Gasteiger partial charge in [0.25, 0.3) is 0 Å². The second-order valence-corrected chi connectivity index (χ2v) is 8.44. The molecule has 2 atom stereocenters. The highest BCUT2D eigenvalue weighted by molar-refractivity contribution is 6.07. The Bertz CT molecular complexity index is 1060. The quantitative estimate of drug-likeness (QED) is 0.676. The minimum absolute atomic E-state index is 0.00889. The normalized spacial score (nSPS) is 19.5. The molecule has 0 spiro atoms. The number of para-hydroxylation sites is 2. The van der Waals surface area contributed by atoms with Crippen LogP contribution in [0, 0.1) is 5.92 Å². The first-order chi connectivity index (χ1) is 16.0. The number of carbonyl (C=O) groups excluding carboxylic acids is 3. The lowest BCUT2D eigenvalue weighted by molar-refractivity contribution is -0.138. The smallest absolute Gasteiger partial charge is 0.303 e. The van der Waals surface area contributed by atoms with Gasteiger partial charge >= 0.3 is 5.97 Å². The number of aliphatic carboxylic acids is 1. The minimum Gasteiger partial charge on any atom is -0.481 e. The molecule has 2 aliphatic rings. The molecule has 8 nitrogen and oxygen atoms in total. The number of hydrogen-bond donors (Lipinski definition) is 2. The summed E-state index contributed by atoms with van der Waals surface area (Å²) in [5.74, 6) is -2.16. The fourth-order valence-electron chi connectivity index (χ4n) is 4.75. The van der Waals surface area contributed by atoms with E-state index in [1.165, 1.54) is 0 Å². The van der Waals surface area contributed by atoms with Crippen LogP contribution in [0.3, 0.4) is 0 Å². The summed E-state index contributed by atoms with van der Waals surface area (Å²) < 4.78 is 0. The molecule has 2 aromatic rings. The lowest BCUT2D eigenvalue weighted by atomic mass is 10.0. The van der Waals surface area contributed by atoms with Crippen LogP contribution in [-0.4, -0.2) is 41.4 Å². The Morgan fingerprint density at radius 3 is 2.36 bits per heavy atom. The van der Waals surface area contributed by atoms with Crippen LogP contribution in [-0.2, 0) is 25.7 Å². The number of nitrogens with zero attached hydrogens (tertiary/aromatic N) is 2. The molecule has 2 N–H and O–H groups in total. The summed E-state index contributed by atoms with van der Waals surface area (Å²) in [7, 11) is 0. The van der Waals surface area contributed by atoms with Gasteiger partial charge in [-0.1, -0.05) is 48.9 Å². The van der Waals surface area contributed by atoms with Crippen molar-refractivity contribution in [2.24, 2.45) is 5.92 Å². The predicted molar refractivity (Wildman–Crippen MR) is 123 cm³/mol. The Hall–Kier alpha value is -3.68. The fraction of sp³-hybridized carbons (Fsp3) is 0.360. The molecule has 1 aliphatic carbocycles. The summed E-state index contributed by atoms with van der Waals surface area (Å²) in [5, 5.41) is 11.3. The number of carboxylic acids is 1. The van der Waals surface area contributed by atoms with Gasteiger partial charge < -0.3 is 20.2 Å². The number of anilines is 2. The van der Waals surface area contributed by atoms with E-state index in [0.717, 1.165) is 12.0 Å². The Kier molecular flexibility index (Phi) is 6.72. The Balaban J connectivity index is 1.63. The van der Waals surface area contributed by atoms with Crippen molar-refractivity contribution < 1.29 is 24.3 Å². The molecule has 1 aliphatic heterocycles. The van der Waals surface area contributed by atoms with Gasteiger partial charge in [0.1, 0.15) is 0 Å². The van der Waals surface area contributed by atoms with Crippen LogP contribution in [0.5, 0.6) is 0 Å². The number of benzene rings is 2. The van der Waals surface area contributed by atoms with Crippen LogP contribution in [0.15, 0.2) is 54.6 Å². The molecule has 1 heterocycles. The summed E-state index contributed by atoms with van der Waals surface area (Å²) in [4.78, 5) is 53.1. The van der Waals surface area contributed by atoms with Gasteiger partial charge in [-0.2, -0.15) is 0 Å². The van der Waals surface area contributed by atoms with Crippen molar-refractivity contribution in [3.8, 4) is 0 Å².